The van der Waals surface area contributed by atoms with E-state index in [1.807, 2.05) is 24.9 Å². The van der Waals surface area contributed by atoms with Gasteiger partial charge in [0.2, 0.25) is 0 Å². The number of rotatable bonds is 6. The van der Waals surface area contributed by atoms with Crippen molar-refractivity contribution in [1.82, 2.24) is 19.9 Å². The number of hydrogen-bond donors (Lipinski definition) is 1. The van der Waals surface area contributed by atoms with E-state index in [2.05, 4.69) is 38.9 Å². The molecule has 4 nitrogen and oxygen atoms in total. The van der Waals surface area contributed by atoms with Crippen molar-refractivity contribution in [3.63, 3.8) is 0 Å². The molecule has 0 bridgehead atoms. The molecule has 0 aromatic carbocycles. The van der Waals surface area contributed by atoms with Crippen LogP contribution in [-0.2, 0) is 19.5 Å². The first-order chi connectivity index (χ1) is 8.40. The SMILES string of the molecule is CCn1cncc1CNCCc1ccncc1. The first kappa shape index (κ1) is 11.8. The topological polar surface area (TPSA) is 42.7 Å². The lowest BCUT2D eigenvalue weighted by Crippen LogP contribution is -2.18. The van der Waals surface area contributed by atoms with Crippen LogP contribution in [0.25, 0.3) is 0 Å². The molecular formula is C13H18N4. The summed E-state index contributed by atoms with van der Waals surface area (Å²) in [5, 5.41) is 3.43. The van der Waals surface area contributed by atoms with Gasteiger partial charge in [0.15, 0.2) is 0 Å². The van der Waals surface area contributed by atoms with E-state index in [0.29, 0.717) is 0 Å². The zero-order valence-corrected chi connectivity index (χ0v) is 10.1. The average Bonchev–Trinajstić information content (AvgIpc) is 2.83. The highest BCUT2D eigenvalue weighted by Gasteiger charge is 1.99. The Morgan fingerprint density at radius 3 is 2.82 bits per heavy atom. The van der Waals surface area contributed by atoms with Gasteiger partial charge in [-0.15, -0.1) is 0 Å². The zero-order valence-electron chi connectivity index (χ0n) is 10.1. The molecule has 4 heteroatoms. The third-order valence-corrected chi connectivity index (χ3v) is 2.79. The molecule has 0 radical (unpaired) electrons. The maximum absolute atomic E-state index is 4.14. The van der Waals surface area contributed by atoms with Crippen molar-refractivity contribution < 1.29 is 0 Å². The summed E-state index contributed by atoms with van der Waals surface area (Å²) >= 11 is 0. The Morgan fingerprint density at radius 2 is 2.06 bits per heavy atom. The van der Waals surface area contributed by atoms with Crippen LogP contribution in [0.15, 0.2) is 37.1 Å². The molecule has 0 saturated carbocycles. The molecule has 0 spiro atoms. The van der Waals surface area contributed by atoms with E-state index in [1.54, 1.807) is 0 Å². The third kappa shape index (κ3) is 3.39. The van der Waals surface area contributed by atoms with Crippen molar-refractivity contribution >= 4 is 0 Å². The summed E-state index contributed by atoms with van der Waals surface area (Å²) in [4.78, 5) is 8.15. The van der Waals surface area contributed by atoms with E-state index in [1.165, 1.54) is 11.3 Å². The van der Waals surface area contributed by atoms with E-state index < -0.39 is 0 Å². The molecule has 2 aromatic heterocycles. The molecule has 0 aliphatic carbocycles. The van der Waals surface area contributed by atoms with Crippen LogP contribution in [-0.4, -0.2) is 21.1 Å². The van der Waals surface area contributed by atoms with Crippen LogP contribution < -0.4 is 5.32 Å². The van der Waals surface area contributed by atoms with E-state index >= 15 is 0 Å². The summed E-state index contributed by atoms with van der Waals surface area (Å²) in [6.45, 7) is 4.95. The average molecular weight is 230 g/mol. The number of pyridine rings is 1. The summed E-state index contributed by atoms with van der Waals surface area (Å²) in [7, 11) is 0. The molecule has 0 fully saturated rings. The van der Waals surface area contributed by atoms with Gasteiger partial charge in [-0.1, -0.05) is 0 Å². The largest absolute Gasteiger partial charge is 0.334 e. The normalized spacial score (nSPS) is 10.6. The van der Waals surface area contributed by atoms with Gasteiger partial charge in [0.1, 0.15) is 0 Å². The van der Waals surface area contributed by atoms with Crippen LogP contribution in [0.2, 0.25) is 0 Å². The fourth-order valence-electron chi connectivity index (χ4n) is 1.78. The molecule has 0 saturated heterocycles. The molecule has 90 valence electrons. The summed E-state index contributed by atoms with van der Waals surface area (Å²) in [5.41, 5.74) is 2.55. The lowest BCUT2D eigenvalue weighted by molar-refractivity contribution is 0.628. The molecule has 0 amide bonds. The Balaban J connectivity index is 1.73. The highest BCUT2D eigenvalue weighted by atomic mass is 15.1. The molecule has 0 aliphatic rings. The molecule has 2 aromatic rings. The highest BCUT2D eigenvalue weighted by Crippen LogP contribution is 1.99. The van der Waals surface area contributed by atoms with Crippen molar-refractivity contribution in [1.29, 1.82) is 0 Å². The predicted molar refractivity (Wildman–Crippen MR) is 67.5 cm³/mol. The van der Waals surface area contributed by atoms with E-state index in [4.69, 9.17) is 0 Å². The van der Waals surface area contributed by atoms with Crippen molar-refractivity contribution in [3.05, 3.63) is 48.3 Å². The van der Waals surface area contributed by atoms with Gasteiger partial charge in [-0.2, -0.15) is 0 Å². The van der Waals surface area contributed by atoms with Gasteiger partial charge in [-0.05, 0) is 37.6 Å². The molecule has 2 rings (SSSR count). The van der Waals surface area contributed by atoms with E-state index in [0.717, 1.165) is 26.1 Å². The van der Waals surface area contributed by atoms with Crippen molar-refractivity contribution in [3.8, 4) is 0 Å². The summed E-state index contributed by atoms with van der Waals surface area (Å²) in [6, 6.07) is 4.11. The molecule has 1 N–H and O–H groups in total. The lowest BCUT2D eigenvalue weighted by atomic mass is 10.2. The molecular weight excluding hydrogens is 212 g/mol. The smallest absolute Gasteiger partial charge is 0.0948 e. The Morgan fingerprint density at radius 1 is 1.24 bits per heavy atom. The number of aryl methyl sites for hydroxylation is 1. The molecule has 0 aliphatic heterocycles. The minimum Gasteiger partial charge on any atom is -0.334 e. The number of nitrogens with zero attached hydrogens (tertiary/aromatic N) is 3. The molecule has 2 heterocycles. The fourth-order valence-corrected chi connectivity index (χ4v) is 1.78. The molecule has 0 unspecified atom stereocenters. The van der Waals surface area contributed by atoms with E-state index in [9.17, 15) is 0 Å². The van der Waals surface area contributed by atoms with Crippen molar-refractivity contribution in [2.45, 2.75) is 26.4 Å². The first-order valence-electron chi connectivity index (χ1n) is 5.98. The van der Waals surface area contributed by atoms with Crippen LogP contribution in [0.4, 0.5) is 0 Å². The molecule has 17 heavy (non-hydrogen) atoms. The van der Waals surface area contributed by atoms with Crippen LogP contribution in [0.5, 0.6) is 0 Å². The van der Waals surface area contributed by atoms with E-state index in [-0.39, 0.29) is 0 Å². The van der Waals surface area contributed by atoms with Gasteiger partial charge in [0.25, 0.3) is 0 Å². The van der Waals surface area contributed by atoms with Crippen LogP contribution >= 0.6 is 0 Å². The summed E-state index contributed by atoms with van der Waals surface area (Å²) in [5.74, 6) is 0. The van der Waals surface area contributed by atoms with Crippen LogP contribution in [0.3, 0.4) is 0 Å². The number of nitrogens with one attached hydrogen (secondary N) is 1. The maximum Gasteiger partial charge on any atom is 0.0948 e. The lowest BCUT2D eigenvalue weighted by Gasteiger charge is -2.07. The van der Waals surface area contributed by atoms with Gasteiger partial charge in [0, 0.05) is 31.7 Å². The fraction of sp³-hybridized carbons (Fsp3) is 0.385. The monoisotopic (exact) mass is 230 g/mol. The summed E-state index contributed by atoms with van der Waals surface area (Å²) in [6.07, 6.45) is 8.49. The maximum atomic E-state index is 4.14. The summed E-state index contributed by atoms with van der Waals surface area (Å²) < 4.78 is 2.15. The second-order valence-corrected chi connectivity index (χ2v) is 3.95. The quantitative estimate of drug-likeness (QED) is 0.767. The number of imidazole rings is 1. The zero-order chi connectivity index (χ0) is 11.9. The second kappa shape index (κ2) is 6.15. The van der Waals surface area contributed by atoms with Gasteiger partial charge >= 0.3 is 0 Å². The van der Waals surface area contributed by atoms with Crippen LogP contribution in [0, 0.1) is 0 Å². The number of aromatic nitrogens is 3. The van der Waals surface area contributed by atoms with Crippen LogP contribution in [0.1, 0.15) is 18.2 Å². The Labute approximate surface area is 102 Å². The Kier molecular flexibility index (Phi) is 4.27. The minimum atomic E-state index is 0.874. The Hall–Kier alpha value is -1.68. The molecule has 0 atom stereocenters. The number of hydrogen-bond acceptors (Lipinski definition) is 3. The van der Waals surface area contributed by atoms with Gasteiger partial charge in [-0.3, -0.25) is 4.98 Å². The van der Waals surface area contributed by atoms with Gasteiger partial charge in [0.05, 0.1) is 12.0 Å². The van der Waals surface area contributed by atoms with Crippen molar-refractivity contribution in [2.75, 3.05) is 6.54 Å². The predicted octanol–water partition coefficient (Wildman–Crippen LogP) is 1.63. The van der Waals surface area contributed by atoms with Crippen molar-refractivity contribution in [2.24, 2.45) is 0 Å². The van der Waals surface area contributed by atoms with Gasteiger partial charge in [-0.25, -0.2) is 4.98 Å². The highest BCUT2D eigenvalue weighted by molar-refractivity contribution is 5.09. The second-order valence-electron chi connectivity index (χ2n) is 3.95. The minimum absolute atomic E-state index is 0.874. The third-order valence-electron chi connectivity index (χ3n) is 2.79. The standard InChI is InChI=1S/C13H18N4/c1-2-17-11-16-10-13(17)9-15-8-5-12-3-6-14-7-4-12/h3-4,6-7,10-11,15H,2,5,8-9H2,1H3. The first-order valence-corrected chi connectivity index (χ1v) is 5.98. The Bertz CT molecular complexity index is 436. The van der Waals surface area contributed by atoms with Gasteiger partial charge < -0.3 is 9.88 Å².